The lowest BCUT2D eigenvalue weighted by Gasteiger charge is -2.03. The van der Waals surface area contributed by atoms with Gasteiger partial charge in [0.2, 0.25) is 5.78 Å². The molecule has 0 atom stereocenters. The third-order valence-electron chi connectivity index (χ3n) is 3.08. The normalized spacial score (nSPS) is 12.9. The number of allylic oxidation sites excluding steroid dienone is 2. The Labute approximate surface area is 123 Å². The van der Waals surface area contributed by atoms with Crippen molar-refractivity contribution in [1.82, 2.24) is 4.98 Å². The molecule has 2 N–H and O–H groups in total. The van der Waals surface area contributed by atoms with Gasteiger partial charge >= 0.3 is 0 Å². The molecule has 3 rings (SSSR count). The third kappa shape index (κ3) is 2.15. The number of hydrogen-bond acceptors (Lipinski definition) is 4. The zero-order valence-corrected chi connectivity index (χ0v) is 11.8. The minimum Gasteiger partial charge on any atom is -0.364 e. The van der Waals surface area contributed by atoms with Crippen LogP contribution in [-0.2, 0) is 6.42 Å². The van der Waals surface area contributed by atoms with Gasteiger partial charge in [-0.3, -0.25) is 9.59 Å². The van der Waals surface area contributed by atoms with E-state index in [9.17, 15) is 9.59 Å². The number of ketones is 1. The van der Waals surface area contributed by atoms with E-state index in [1.54, 1.807) is 12.1 Å². The van der Waals surface area contributed by atoms with Crippen LogP contribution in [0.1, 0.15) is 31.4 Å². The first-order chi connectivity index (χ1) is 9.56. The fourth-order valence-electron chi connectivity index (χ4n) is 2.12. The van der Waals surface area contributed by atoms with Crippen molar-refractivity contribution in [2.45, 2.75) is 6.42 Å². The lowest BCUT2D eigenvalue weighted by Crippen LogP contribution is -2.12. The molecule has 1 aliphatic rings. The molecule has 0 aliphatic heterocycles. The molecule has 2 aromatic rings. The summed E-state index contributed by atoms with van der Waals surface area (Å²) in [6, 6.07) is 5.48. The summed E-state index contributed by atoms with van der Waals surface area (Å²) >= 11 is 7.09. The molecule has 1 aliphatic carbocycles. The standard InChI is InChI=1S/C14H9ClN2O2S/c15-8-3-1-7-2-4-9(10(7)5-8)12(18)14-17-11(6-20-14)13(16)19/h1,3-6H,2H2,(H2,16,19). The van der Waals surface area contributed by atoms with Crippen LogP contribution in [0.15, 0.2) is 29.7 Å². The number of benzene rings is 1. The Morgan fingerprint density at radius 2 is 2.15 bits per heavy atom. The minimum absolute atomic E-state index is 0.114. The van der Waals surface area contributed by atoms with Crippen LogP contribution in [0.4, 0.5) is 0 Å². The molecule has 1 aromatic carbocycles. The Kier molecular flexibility index (Phi) is 3.16. The van der Waals surface area contributed by atoms with Gasteiger partial charge in [0.15, 0.2) is 5.01 Å². The molecule has 0 radical (unpaired) electrons. The van der Waals surface area contributed by atoms with Crippen molar-refractivity contribution in [3.63, 3.8) is 0 Å². The van der Waals surface area contributed by atoms with Crippen molar-refractivity contribution in [3.8, 4) is 0 Å². The molecule has 0 unspecified atom stereocenters. The second-order valence-electron chi connectivity index (χ2n) is 4.35. The number of primary amides is 1. The SMILES string of the molecule is NC(=O)c1csc(C(=O)C2=CCc3ccc(Cl)cc32)n1. The van der Waals surface area contributed by atoms with E-state index < -0.39 is 5.91 Å². The summed E-state index contributed by atoms with van der Waals surface area (Å²) in [5.41, 5.74) is 7.72. The summed E-state index contributed by atoms with van der Waals surface area (Å²) in [5, 5.41) is 2.34. The Hall–Kier alpha value is -1.98. The summed E-state index contributed by atoms with van der Waals surface area (Å²) in [5.74, 6) is -0.840. The summed E-state index contributed by atoms with van der Waals surface area (Å²) in [7, 11) is 0. The van der Waals surface area contributed by atoms with Crippen LogP contribution in [0, 0.1) is 0 Å². The number of halogens is 1. The number of thiazole rings is 1. The molecule has 4 nitrogen and oxygen atoms in total. The number of aromatic nitrogens is 1. The second-order valence-corrected chi connectivity index (χ2v) is 5.65. The number of amides is 1. The van der Waals surface area contributed by atoms with Gasteiger partial charge in [0.1, 0.15) is 5.69 Å². The van der Waals surface area contributed by atoms with E-state index >= 15 is 0 Å². The van der Waals surface area contributed by atoms with Gasteiger partial charge in [-0.05, 0) is 29.7 Å². The van der Waals surface area contributed by atoms with Crippen LogP contribution in [0.5, 0.6) is 0 Å². The smallest absolute Gasteiger partial charge is 0.268 e. The molecular formula is C14H9ClN2O2S. The first-order valence-electron chi connectivity index (χ1n) is 5.85. The van der Waals surface area contributed by atoms with Crippen LogP contribution in [0.3, 0.4) is 0 Å². The molecule has 1 heterocycles. The van der Waals surface area contributed by atoms with Crippen molar-refractivity contribution in [3.05, 3.63) is 56.5 Å². The Morgan fingerprint density at radius 1 is 1.35 bits per heavy atom. The minimum atomic E-state index is -0.635. The molecule has 6 heteroatoms. The highest BCUT2D eigenvalue weighted by atomic mass is 35.5. The van der Waals surface area contributed by atoms with E-state index in [2.05, 4.69) is 4.98 Å². The maximum absolute atomic E-state index is 12.4. The van der Waals surface area contributed by atoms with Crippen molar-refractivity contribution >= 4 is 40.2 Å². The first-order valence-corrected chi connectivity index (χ1v) is 7.11. The lowest BCUT2D eigenvalue weighted by atomic mass is 10.0. The second kappa shape index (κ2) is 4.85. The molecule has 20 heavy (non-hydrogen) atoms. The van der Waals surface area contributed by atoms with E-state index in [0.29, 0.717) is 17.0 Å². The van der Waals surface area contributed by atoms with Gasteiger partial charge in [-0.1, -0.05) is 23.7 Å². The van der Waals surface area contributed by atoms with Crippen molar-refractivity contribution in [2.75, 3.05) is 0 Å². The number of nitrogens with zero attached hydrogens (tertiary/aromatic N) is 1. The van der Waals surface area contributed by atoms with Gasteiger partial charge in [-0.15, -0.1) is 11.3 Å². The molecule has 1 amide bonds. The van der Waals surface area contributed by atoms with Gasteiger partial charge < -0.3 is 5.73 Å². The molecule has 0 fully saturated rings. The fraction of sp³-hybridized carbons (Fsp3) is 0.0714. The van der Waals surface area contributed by atoms with E-state index in [4.69, 9.17) is 17.3 Å². The summed E-state index contributed by atoms with van der Waals surface area (Å²) in [6.07, 6.45) is 2.55. The first kappa shape index (κ1) is 13.0. The molecule has 0 spiro atoms. The quantitative estimate of drug-likeness (QED) is 0.886. The predicted octanol–water partition coefficient (Wildman–Crippen LogP) is 2.72. The molecule has 0 saturated carbocycles. The van der Waals surface area contributed by atoms with Gasteiger partial charge in [-0.25, -0.2) is 4.98 Å². The number of rotatable bonds is 3. The van der Waals surface area contributed by atoms with E-state index in [1.807, 2.05) is 12.1 Å². The maximum atomic E-state index is 12.4. The average Bonchev–Trinajstić information content (AvgIpc) is 3.04. The molecule has 0 bridgehead atoms. The van der Waals surface area contributed by atoms with Crippen LogP contribution in [-0.4, -0.2) is 16.7 Å². The van der Waals surface area contributed by atoms with Crippen LogP contribution in [0.2, 0.25) is 5.02 Å². The largest absolute Gasteiger partial charge is 0.364 e. The van der Waals surface area contributed by atoms with Gasteiger partial charge in [0.05, 0.1) is 0 Å². The van der Waals surface area contributed by atoms with Crippen molar-refractivity contribution in [2.24, 2.45) is 5.73 Å². The number of nitrogens with two attached hydrogens (primary N) is 1. The van der Waals surface area contributed by atoms with E-state index in [-0.39, 0.29) is 16.5 Å². The molecule has 0 saturated heterocycles. The van der Waals surface area contributed by atoms with Crippen LogP contribution < -0.4 is 5.73 Å². The predicted molar refractivity (Wildman–Crippen MR) is 78.1 cm³/mol. The zero-order chi connectivity index (χ0) is 14.3. The number of carbonyl (C=O) groups is 2. The fourth-order valence-corrected chi connectivity index (χ4v) is 3.05. The Bertz CT molecular complexity index is 764. The zero-order valence-electron chi connectivity index (χ0n) is 10.2. The van der Waals surface area contributed by atoms with Crippen molar-refractivity contribution in [1.29, 1.82) is 0 Å². The highest BCUT2D eigenvalue weighted by molar-refractivity contribution is 7.12. The maximum Gasteiger partial charge on any atom is 0.268 e. The monoisotopic (exact) mass is 304 g/mol. The lowest BCUT2D eigenvalue weighted by molar-refractivity contribution is 0.0996. The van der Waals surface area contributed by atoms with Crippen LogP contribution >= 0.6 is 22.9 Å². The van der Waals surface area contributed by atoms with Gasteiger partial charge in [0, 0.05) is 16.0 Å². The summed E-state index contributed by atoms with van der Waals surface area (Å²) in [6.45, 7) is 0. The van der Waals surface area contributed by atoms with Crippen molar-refractivity contribution < 1.29 is 9.59 Å². The highest BCUT2D eigenvalue weighted by Gasteiger charge is 2.24. The van der Waals surface area contributed by atoms with E-state index in [0.717, 1.165) is 22.5 Å². The number of carbonyl (C=O) groups excluding carboxylic acids is 2. The topological polar surface area (TPSA) is 73.1 Å². The number of Topliss-reactive ketones (excluding diaryl/α,β-unsaturated/α-hetero) is 1. The molecule has 100 valence electrons. The summed E-state index contributed by atoms with van der Waals surface area (Å²) in [4.78, 5) is 27.4. The summed E-state index contributed by atoms with van der Waals surface area (Å²) < 4.78 is 0. The number of hydrogen-bond donors (Lipinski definition) is 1. The van der Waals surface area contributed by atoms with Gasteiger partial charge in [0.25, 0.3) is 5.91 Å². The Morgan fingerprint density at radius 3 is 2.85 bits per heavy atom. The Balaban J connectivity index is 1.97. The average molecular weight is 305 g/mol. The third-order valence-corrected chi connectivity index (χ3v) is 4.16. The van der Waals surface area contributed by atoms with E-state index in [1.165, 1.54) is 5.38 Å². The van der Waals surface area contributed by atoms with Gasteiger partial charge in [-0.2, -0.15) is 0 Å². The molecule has 1 aromatic heterocycles. The van der Waals surface area contributed by atoms with Crippen LogP contribution in [0.25, 0.3) is 5.57 Å². The number of fused-ring (bicyclic) bond motifs is 1. The molecular weight excluding hydrogens is 296 g/mol. The highest BCUT2D eigenvalue weighted by Crippen LogP contribution is 2.32.